The zero-order valence-corrected chi connectivity index (χ0v) is 12.9. The van der Waals surface area contributed by atoms with Gasteiger partial charge >= 0.3 is 0 Å². The van der Waals surface area contributed by atoms with E-state index in [9.17, 15) is 9.59 Å². The number of rotatable bonds is 4. The molecule has 114 valence electrons. The summed E-state index contributed by atoms with van der Waals surface area (Å²) in [5.41, 5.74) is 5.28. The van der Waals surface area contributed by atoms with E-state index in [0.717, 1.165) is 30.8 Å². The lowest BCUT2D eigenvalue weighted by atomic mass is 9.96. The van der Waals surface area contributed by atoms with Crippen molar-refractivity contribution in [2.24, 2.45) is 11.7 Å². The van der Waals surface area contributed by atoms with Crippen LogP contribution in [0, 0.1) is 5.92 Å². The van der Waals surface area contributed by atoms with Crippen molar-refractivity contribution in [3.8, 4) is 0 Å². The minimum atomic E-state index is -0.254. The normalized spacial score (nSPS) is 21.8. The Hall–Kier alpha value is -1.37. The number of hydrogen-bond acceptors (Lipinski definition) is 3. The van der Waals surface area contributed by atoms with Crippen LogP contribution in [0.5, 0.6) is 0 Å². The molecule has 0 aromatic carbocycles. The number of halogens is 2. The van der Waals surface area contributed by atoms with Crippen LogP contribution < -0.4 is 16.0 Å². The zero-order valence-electron chi connectivity index (χ0n) is 11.4. The van der Waals surface area contributed by atoms with E-state index in [0.29, 0.717) is 22.4 Å². The first-order valence-corrected chi connectivity index (χ1v) is 7.45. The molecule has 0 bridgehead atoms. The van der Waals surface area contributed by atoms with E-state index in [1.54, 1.807) is 0 Å². The lowest BCUT2D eigenvalue weighted by Gasteiger charge is -2.27. The largest absolute Gasteiger partial charge is 0.369 e. The van der Waals surface area contributed by atoms with Gasteiger partial charge in [0.15, 0.2) is 12.4 Å². The van der Waals surface area contributed by atoms with Crippen LogP contribution in [0.2, 0.25) is 10.0 Å². The maximum Gasteiger partial charge on any atom is 0.280 e. The van der Waals surface area contributed by atoms with Gasteiger partial charge in [0, 0.05) is 25.0 Å². The Labute approximate surface area is 132 Å². The van der Waals surface area contributed by atoms with Crippen molar-refractivity contribution in [2.45, 2.75) is 12.8 Å². The Morgan fingerprint density at radius 2 is 2.05 bits per heavy atom. The SMILES string of the molecule is NC(=O)C1CC[NH+](CC(=O)Nc2ncc(Cl)cc2Cl)CC1. The third kappa shape index (κ3) is 4.56. The van der Waals surface area contributed by atoms with Crippen molar-refractivity contribution < 1.29 is 14.5 Å². The first kappa shape index (κ1) is 16.0. The first-order valence-electron chi connectivity index (χ1n) is 6.69. The first-order chi connectivity index (χ1) is 9.95. The average molecular weight is 332 g/mol. The summed E-state index contributed by atoms with van der Waals surface area (Å²) < 4.78 is 0. The van der Waals surface area contributed by atoms with Crippen LogP contribution in [-0.4, -0.2) is 36.4 Å². The Morgan fingerprint density at radius 3 is 2.62 bits per heavy atom. The minimum Gasteiger partial charge on any atom is -0.369 e. The molecule has 0 saturated carbocycles. The summed E-state index contributed by atoms with van der Waals surface area (Å²) in [5, 5.41) is 3.38. The van der Waals surface area contributed by atoms with E-state index in [1.165, 1.54) is 12.3 Å². The molecular formula is C13H17Cl2N4O2+. The van der Waals surface area contributed by atoms with Gasteiger partial charge in [0.1, 0.15) is 0 Å². The third-order valence-corrected chi connectivity index (χ3v) is 4.07. The molecule has 1 aromatic heterocycles. The number of carbonyl (C=O) groups excluding carboxylic acids is 2. The fraction of sp³-hybridized carbons (Fsp3) is 0.462. The molecule has 0 radical (unpaired) electrons. The summed E-state index contributed by atoms with van der Waals surface area (Å²) in [7, 11) is 0. The number of anilines is 1. The summed E-state index contributed by atoms with van der Waals surface area (Å²) in [5.74, 6) is -0.184. The summed E-state index contributed by atoms with van der Waals surface area (Å²) in [4.78, 5) is 28.2. The topological polar surface area (TPSA) is 89.5 Å². The lowest BCUT2D eigenvalue weighted by Crippen LogP contribution is -3.14. The number of primary amides is 1. The van der Waals surface area contributed by atoms with Crippen molar-refractivity contribution in [1.82, 2.24) is 4.98 Å². The summed E-state index contributed by atoms with van der Waals surface area (Å²) in [6.07, 6.45) is 2.87. The van der Waals surface area contributed by atoms with Crippen LogP contribution in [0.4, 0.5) is 5.82 Å². The molecule has 21 heavy (non-hydrogen) atoms. The lowest BCUT2D eigenvalue weighted by molar-refractivity contribution is -0.897. The van der Waals surface area contributed by atoms with E-state index in [4.69, 9.17) is 28.9 Å². The second-order valence-corrected chi connectivity index (χ2v) is 5.98. The van der Waals surface area contributed by atoms with E-state index < -0.39 is 0 Å². The Balaban J connectivity index is 1.84. The van der Waals surface area contributed by atoms with E-state index in [2.05, 4.69) is 10.3 Å². The monoisotopic (exact) mass is 331 g/mol. The molecule has 0 spiro atoms. The number of quaternary nitrogens is 1. The molecule has 4 N–H and O–H groups in total. The predicted octanol–water partition coefficient (Wildman–Crippen LogP) is 0.107. The second-order valence-electron chi connectivity index (χ2n) is 5.14. The van der Waals surface area contributed by atoms with Crippen LogP contribution in [0.15, 0.2) is 12.3 Å². The smallest absolute Gasteiger partial charge is 0.280 e. The van der Waals surface area contributed by atoms with Crippen molar-refractivity contribution in [1.29, 1.82) is 0 Å². The van der Waals surface area contributed by atoms with Gasteiger partial charge in [0.2, 0.25) is 5.91 Å². The van der Waals surface area contributed by atoms with E-state index >= 15 is 0 Å². The van der Waals surface area contributed by atoms with Gasteiger partial charge in [-0.15, -0.1) is 0 Å². The molecular weight excluding hydrogens is 315 g/mol. The summed E-state index contributed by atoms with van der Waals surface area (Å²) in [6.45, 7) is 1.82. The number of likely N-dealkylation sites (tertiary alicyclic amines) is 1. The third-order valence-electron chi connectivity index (χ3n) is 3.57. The van der Waals surface area contributed by atoms with Crippen molar-refractivity contribution in [3.05, 3.63) is 22.3 Å². The minimum absolute atomic E-state index is 0.0656. The number of carbonyl (C=O) groups is 2. The molecule has 2 rings (SSSR count). The number of pyridine rings is 1. The van der Waals surface area contributed by atoms with Gasteiger partial charge in [-0.25, -0.2) is 4.98 Å². The molecule has 1 aliphatic rings. The number of aromatic nitrogens is 1. The molecule has 1 aromatic rings. The molecule has 2 amide bonds. The molecule has 1 saturated heterocycles. The molecule has 0 aliphatic carbocycles. The quantitative estimate of drug-likeness (QED) is 0.731. The number of hydrogen-bond donors (Lipinski definition) is 3. The van der Waals surface area contributed by atoms with Gasteiger partial charge in [0.05, 0.1) is 23.1 Å². The molecule has 0 unspecified atom stereocenters. The maximum atomic E-state index is 12.0. The Kier molecular flexibility index (Phi) is 5.39. The highest BCUT2D eigenvalue weighted by molar-refractivity contribution is 6.36. The fourth-order valence-electron chi connectivity index (χ4n) is 2.40. The highest BCUT2D eigenvalue weighted by Crippen LogP contribution is 2.22. The van der Waals surface area contributed by atoms with Gasteiger partial charge in [0.25, 0.3) is 5.91 Å². The van der Waals surface area contributed by atoms with E-state index in [1.807, 2.05) is 0 Å². The summed E-state index contributed by atoms with van der Waals surface area (Å²) >= 11 is 11.7. The fourth-order valence-corrected chi connectivity index (χ4v) is 2.82. The van der Waals surface area contributed by atoms with E-state index in [-0.39, 0.29) is 17.7 Å². The van der Waals surface area contributed by atoms with Crippen LogP contribution in [0.25, 0.3) is 0 Å². The number of nitrogens with two attached hydrogens (primary N) is 1. The van der Waals surface area contributed by atoms with Gasteiger partial charge < -0.3 is 16.0 Å². The standard InChI is InChI=1S/C13H16Cl2N4O2/c14-9-5-10(15)13(17-6-9)18-11(20)7-19-3-1-8(2-4-19)12(16)21/h5-6,8H,1-4,7H2,(H2,16,21)(H,17,18,20)/p+1. The number of nitrogens with one attached hydrogen (secondary N) is 2. The zero-order chi connectivity index (χ0) is 15.4. The predicted molar refractivity (Wildman–Crippen MR) is 80.4 cm³/mol. The number of amides is 2. The van der Waals surface area contributed by atoms with Gasteiger partial charge in [-0.05, 0) is 6.07 Å². The number of nitrogens with zero attached hydrogens (tertiary/aromatic N) is 1. The van der Waals surface area contributed by atoms with Crippen molar-refractivity contribution in [3.63, 3.8) is 0 Å². The van der Waals surface area contributed by atoms with Crippen molar-refractivity contribution in [2.75, 3.05) is 25.0 Å². The highest BCUT2D eigenvalue weighted by Gasteiger charge is 2.27. The molecule has 8 heteroatoms. The second kappa shape index (κ2) is 7.06. The van der Waals surface area contributed by atoms with Crippen LogP contribution in [0.1, 0.15) is 12.8 Å². The Bertz CT molecular complexity index is 545. The van der Waals surface area contributed by atoms with Gasteiger partial charge in [-0.2, -0.15) is 0 Å². The molecule has 1 fully saturated rings. The van der Waals surface area contributed by atoms with Gasteiger partial charge in [-0.1, -0.05) is 23.2 Å². The van der Waals surface area contributed by atoms with Crippen LogP contribution in [0.3, 0.4) is 0 Å². The van der Waals surface area contributed by atoms with Crippen molar-refractivity contribution >= 4 is 40.8 Å². The highest BCUT2D eigenvalue weighted by atomic mass is 35.5. The number of piperidine rings is 1. The summed E-state index contributed by atoms with van der Waals surface area (Å²) in [6, 6.07) is 1.52. The van der Waals surface area contributed by atoms with Crippen LogP contribution in [-0.2, 0) is 9.59 Å². The maximum absolute atomic E-state index is 12.0. The van der Waals surface area contributed by atoms with Crippen LogP contribution >= 0.6 is 23.2 Å². The molecule has 2 heterocycles. The molecule has 6 nitrogen and oxygen atoms in total. The Morgan fingerprint density at radius 1 is 1.38 bits per heavy atom. The molecule has 1 aliphatic heterocycles. The average Bonchev–Trinajstić information content (AvgIpc) is 2.42. The molecule has 0 atom stereocenters. The van der Waals surface area contributed by atoms with Gasteiger partial charge in [-0.3, -0.25) is 9.59 Å².